The first-order valence-electron chi connectivity index (χ1n) is 1.83. The summed E-state index contributed by atoms with van der Waals surface area (Å²) in [6, 6.07) is 0. The zero-order valence-corrected chi connectivity index (χ0v) is 4.15. The van der Waals surface area contributed by atoms with Crippen molar-refractivity contribution in [3.8, 4) is 0 Å². The SMILES string of the molecule is N=C(N)NNC(=N)N. The summed E-state index contributed by atoms with van der Waals surface area (Å²) in [6.45, 7) is 0. The van der Waals surface area contributed by atoms with Gasteiger partial charge in [-0.2, -0.15) is 0 Å². The van der Waals surface area contributed by atoms with Crippen molar-refractivity contribution in [2.45, 2.75) is 0 Å². The molecule has 0 aliphatic rings. The minimum absolute atomic E-state index is 0.278. The summed E-state index contributed by atoms with van der Waals surface area (Å²) < 4.78 is 0. The van der Waals surface area contributed by atoms with Crippen molar-refractivity contribution in [2.24, 2.45) is 11.5 Å². The number of nitrogens with one attached hydrogen (secondary N) is 4. The van der Waals surface area contributed by atoms with Crippen molar-refractivity contribution in [1.82, 2.24) is 10.9 Å². The Morgan fingerprint density at radius 1 is 1.00 bits per heavy atom. The van der Waals surface area contributed by atoms with Gasteiger partial charge in [0.25, 0.3) is 0 Å². The highest BCUT2D eigenvalue weighted by Crippen LogP contribution is 1.41. The maximum Gasteiger partial charge on any atom is 0.204 e. The van der Waals surface area contributed by atoms with Crippen molar-refractivity contribution >= 4 is 11.9 Å². The lowest BCUT2D eigenvalue weighted by molar-refractivity contribution is 0.833. The maximum atomic E-state index is 6.54. The van der Waals surface area contributed by atoms with Crippen LogP contribution in [0.15, 0.2) is 0 Å². The Labute approximate surface area is 46.2 Å². The number of rotatable bonds is 0. The van der Waals surface area contributed by atoms with E-state index in [1.54, 1.807) is 0 Å². The van der Waals surface area contributed by atoms with E-state index in [2.05, 4.69) is 10.9 Å². The monoisotopic (exact) mass is 116 g/mol. The van der Waals surface area contributed by atoms with Gasteiger partial charge in [0.2, 0.25) is 11.9 Å². The average Bonchev–Trinajstić information content (AvgIpc) is 1.61. The molecule has 0 rings (SSSR count). The van der Waals surface area contributed by atoms with Crippen LogP contribution in [0.3, 0.4) is 0 Å². The van der Waals surface area contributed by atoms with E-state index in [9.17, 15) is 0 Å². The van der Waals surface area contributed by atoms with Crippen LogP contribution in [-0.2, 0) is 0 Å². The number of hydrogen-bond donors (Lipinski definition) is 6. The van der Waals surface area contributed by atoms with Crippen molar-refractivity contribution < 1.29 is 0 Å². The molecule has 0 saturated heterocycles. The normalized spacial score (nSPS) is 7.50. The average molecular weight is 116 g/mol. The second-order valence-electron chi connectivity index (χ2n) is 1.08. The van der Waals surface area contributed by atoms with Crippen LogP contribution in [-0.4, -0.2) is 11.9 Å². The van der Waals surface area contributed by atoms with Gasteiger partial charge in [0.15, 0.2) is 0 Å². The third-order valence-electron chi connectivity index (χ3n) is 0.332. The zero-order valence-electron chi connectivity index (χ0n) is 4.15. The fourth-order valence-corrected chi connectivity index (χ4v) is 0.135. The first-order chi connectivity index (χ1) is 3.63. The van der Waals surface area contributed by atoms with Crippen LogP contribution in [0.2, 0.25) is 0 Å². The topological polar surface area (TPSA) is 124 Å². The molecule has 0 bridgehead atoms. The maximum absolute atomic E-state index is 6.54. The summed E-state index contributed by atoms with van der Waals surface area (Å²) >= 11 is 0. The Morgan fingerprint density at radius 3 is 1.38 bits per heavy atom. The molecular weight excluding hydrogens is 108 g/mol. The lowest BCUT2D eigenvalue weighted by atomic mass is 11.0. The van der Waals surface area contributed by atoms with E-state index < -0.39 is 0 Å². The van der Waals surface area contributed by atoms with Crippen LogP contribution in [0.5, 0.6) is 0 Å². The summed E-state index contributed by atoms with van der Waals surface area (Å²) in [5, 5.41) is 13.1. The fraction of sp³-hybridized carbons (Fsp3) is 0. The van der Waals surface area contributed by atoms with E-state index in [-0.39, 0.29) is 11.9 Å². The van der Waals surface area contributed by atoms with Crippen molar-refractivity contribution in [3.63, 3.8) is 0 Å². The minimum atomic E-state index is -0.278. The Kier molecular flexibility index (Phi) is 2.18. The molecule has 0 radical (unpaired) electrons. The molecule has 0 aliphatic carbocycles. The van der Waals surface area contributed by atoms with Gasteiger partial charge in [0, 0.05) is 0 Å². The van der Waals surface area contributed by atoms with E-state index in [1.807, 2.05) is 0 Å². The van der Waals surface area contributed by atoms with E-state index in [0.29, 0.717) is 0 Å². The van der Waals surface area contributed by atoms with Gasteiger partial charge in [-0.25, -0.2) is 0 Å². The zero-order chi connectivity index (χ0) is 6.57. The molecule has 0 amide bonds. The van der Waals surface area contributed by atoms with Crippen LogP contribution >= 0.6 is 0 Å². The minimum Gasteiger partial charge on any atom is -0.369 e. The molecule has 0 heterocycles. The Balaban J connectivity index is 3.18. The predicted molar refractivity (Wildman–Crippen MR) is 30.1 cm³/mol. The molecule has 0 aromatic carbocycles. The quantitative estimate of drug-likeness (QED) is 0.123. The molecule has 6 heteroatoms. The van der Waals surface area contributed by atoms with Gasteiger partial charge in [-0.3, -0.25) is 21.7 Å². The van der Waals surface area contributed by atoms with Crippen LogP contribution in [0, 0.1) is 10.8 Å². The van der Waals surface area contributed by atoms with Gasteiger partial charge in [-0.15, -0.1) is 0 Å². The second-order valence-corrected chi connectivity index (χ2v) is 1.08. The van der Waals surface area contributed by atoms with Crippen LogP contribution in [0.1, 0.15) is 0 Å². The number of guanidine groups is 2. The van der Waals surface area contributed by atoms with Gasteiger partial charge in [0.05, 0.1) is 0 Å². The molecule has 0 saturated carbocycles. The highest BCUT2D eigenvalue weighted by Gasteiger charge is 1.82. The standard InChI is InChI=1S/C2H8N6/c3-1(4)7-8-2(5)6/h(H4,3,4,7)(H4,5,6,8). The molecular formula is C2H8N6. The summed E-state index contributed by atoms with van der Waals surface area (Å²) in [5.74, 6) is -0.555. The van der Waals surface area contributed by atoms with Crippen molar-refractivity contribution in [3.05, 3.63) is 0 Å². The highest BCUT2D eigenvalue weighted by atomic mass is 15.4. The van der Waals surface area contributed by atoms with Crippen LogP contribution in [0.25, 0.3) is 0 Å². The molecule has 0 aromatic heterocycles. The predicted octanol–water partition coefficient (Wildman–Crippen LogP) is -2.13. The van der Waals surface area contributed by atoms with Crippen molar-refractivity contribution in [2.75, 3.05) is 0 Å². The summed E-state index contributed by atoms with van der Waals surface area (Å²) in [6.07, 6.45) is 0. The molecule has 0 atom stereocenters. The van der Waals surface area contributed by atoms with E-state index in [0.717, 1.165) is 0 Å². The Morgan fingerprint density at radius 2 is 1.25 bits per heavy atom. The summed E-state index contributed by atoms with van der Waals surface area (Å²) in [5.41, 5.74) is 13.8. The molecule has 8 heavy (non-hydrogen) atoms. The van der Waals surface area contributed by atoms with Gasteiger partial charge in [-0.05, 0) is 0 Å². The van der Waals surface area contributed by atoms with Crippen LogP contribution < -0.4 is 22.3 Å². The first kappa shape index (κ1) is 6.54. The van der Waals surface area contributed by atoms with Gasteiger partial charge in [-0.1, -0.05) is 0 Å². The molecule has 0 unspecified atom stereocenters. The molecule has 46 valence electrons. The Bertz CT molecular complexity index is 91.1. The molecule has 0 aliphatic heterocycles. The highest BCUT2D eigenvalue weighted by molar-refractivity contribution is 5.80. The van der Waals surface area contributed by atoms with Gasteiger partial charge in [0.1, 0.15) is 0 Å². The first-order valence-corrected chi connectivity index (χ1v) is 1.83. The lowest BCUT2D eigenvalue weighted by Crippen LogP contribution is -2.47. The second kappa shape index (κ2) is 2.67. The van der Waals surface area contributed by atoms with E-state index in [4.69, 9.17) is 22.3 Å². The van der Waals surface area contributed by atoms with Gasteiger partial charge < -0.3 is 11.5 Å². The smallest absolute Gasteiger partial charge is 0.204 e. The third kappa shape index (κ3) is 4.54. The van der Waals surface area contributed by atoms with E-state index in [1.165, 1.54) is 0 Å². The molecule has 0 fully saturated rings. The molecule has 0 aromatic rings. The number of hydrazine groups is 1. The fourth-order valence-electron chi connectivity index (χ4n) is 0.135. The lowest BCUT2D eigenvalue weighted by Gasteiger charge is -2.02. The summed E-state index contributed by atoms with van der Waals surface area (Å²) in [4.78, 5) is 0. The summed E-state index contributed by atoms with van der Waals surface area (Å²) in [7, 11) is 0. The largest absolute Gasteiger partial charge is 0.369 e. The molecule has 8 N–H and O–H groups in total. The van der Waals surface area contributed by atoms with Gasteiger partial charge >= 0.3 is 0 Å². The number of nitrogens with two attached hydrogens (primary N) is 2. The molecule has 0 spiro atoms. The van der Waals surface area contributed by atoms with Crippen LogP contribution in [0.4, 0.5) is 0 Å². The molecule has 6 nitrogen and oxygen atoms in total. The van der Waals surface area contributed by atoms with Crippen molar-refractivity contribution in [1.29, 1.82) is 10.8 Å². The third-order valence-corrected chi connectivity index (χ3v) is 0.332. The number of hydrogen-bond acceptors (Lipinski definition) is 2. The Hall–Kier alpha value is -1.46. The van der Waals surface area contributed by atoms with E-state index >= 15 is 0 Å².